The zero-order valence-electron chi connectivity index (χ0n) is 16.9. The summed E-state index contributed by atoms with van der Waals surface area (Å²) in [5.41, 5.74) is 0. The van der Waals surface area contributed by atoms with Crippen molar-refractivity contribution in [3.05, 3.63) is 0 Å². The highest BCUT2D eigenvalue weighted by Gasteiger charge is 2.33. The van der Waals surface area contributed by atoms with E-state index < -0.39 is 24.0 Å². The fraction of sp³-hybridized carbons (Fsp3) is 0.778. The fourth-order valence-corrected chi connectivity index (χ4v) is 7.17. The summed E-state index contributed by atoms with van der Waals surface area (Å²) in [6.45, 7) is 4.81. The molecule has 4 N–H and O–H groups in total. The first-order chi connectivity index (χ1) is 13.6. The van der Waals surface area contributed by atoms with Gasteiger partial charge in [-0.1, -0.05) is 28.5 Å². The molecule has 3 atom stereocenters. The van der Waals surface area contributed by atoms with Crippen molar-refractivity contribution < 1.29 is 29.4 Å². The summed E-state index contributed by atoms with van der Waals surface area (Å²) in [6, 6.07) is -1.80. The molecule has 8 nitrogen and oxygen atoms in total. The normalized spacial score (nSPS) is 21.3. The molecule has 1 aliphatic rings. The predicted molar refractivity (Wildman–Crippen MR) is 118 cm³/mol. The van der Waals surface area contributed by atoms with E-state index in [0.717, 1.165) is 24.3 Å². The number of carbonyl (C=O) groups excluding carboxylic acids is 2. The maximum atomic E-state index is 11.2. The van der Waals surface area contributed by atoms with Crippen molar-refractivity contribution in [2.45, 2.75) is 45.7 Å². The van der Waals surface area contributed by atoms with Gasteiger partial charge in [0.15, 0.2) is 0 Å². The summed E-state index contributed by atoms with van der Waals surface area (Å²) in [7, 11) is 3.02. The van der Waals surface area contributed by atoms with Crippen LogP contribution in [-0.2, 0) is 19.2 Å². The molecule has 0 aromatic heterocycles. The zero-order chi connectivity index (χ0) is 22.0. The second-order valence-electron chi connectivity index (χ2n) is 7.39. The van der Waals surface area contributed by atoms with Crippen molar-refractivity contribution in [2.24, 2.45) is 17.8 Å². The lowest BCUT2D eigenvalue weighted by atomic mass is 9.70. The fourth-order valence-electron chi connectivity index (χ4n) is 3.10. The number of nitrogens with one attached hydrogen (secondary N) is 2. The van der Waals surface area contributed by atoms with Crippen LogP contribution in [0.5, 0.6) is 0 Å². The molecule has 1 aliphatic carbocycles. The topological polar surface area (TPSA) is 133 Å². The number of hydrogen-bond acceptors (Lipinski definition) is 7. The minimum absolute atomic E-state index is 0.282. The van der Waals surface area contributed by atoms with Crippen molar-refractivity contribution in [1.29, 1.82) is 0 Å². The molecule has 0 bridgehead atoms. The number of aliphatic carboxylic acids is 2. The largest absolute Gasteiger partial charge is 0.480 e. The number of carboxylic acid groups (broad SMARTS) is 2. The molecule has 1 rings (SSSR count). The summed E-state index contributed by atoms with van der Waals surface area (Å²) in [6.07, 6.45) is 2.29. The third-order valence-corrected chi connectivity index (χ3v) is 8.39. The van der Waals surface area contributed by atoms with Gasteiger partial charge in [0.05, 0.1) is 0 Å². The average Bonchev–Trinajstić information content (AvgIpc) is 2.58. The smallest absolute Gasteiger partial charge is 0.327 e. The summed E-state index contributed by atoms with van der Waals surface area (Å²) in [5.74, 6) is 1.09. The number of carboxylic acids is 2. The van der Waals surface area contributed by atoms with Gasteiger partial charge in [-0.15, -0.1) is 0 Å². The number of carbonyl (C=O) groups is 4. The Morgan fingerprint density at radius 1 is 0.862 bits per heavy atom. The standard InChI is InChI=1S/C18H30N2O6S3/c1-10-4-13(5-10)14(6-27-8-15(17(23)24)19-11(2)21)7-28-29-9-16(18(25)26)20-12(3)22/h10,13-16H,4-9H2,1-3H3,(H,19,21)(H,20,22)(H,23,24)(H,25,26)/t10-,13-,14?,15?,16?. The van der Waals surface area contributed by atoms with Crippen molar-refractivity contribution in [3.8, 4) is 0 Å². The molecule has 29 heavy (non-hydrogen) atoms. The van der Waals surface area contributed by atoms with E-state index in [1.165, 1.54) is 36.4 Å². The highest BCUT2D eigenvalue weighted by atomic mass is 33.1. The molecule has 2 amide bonds. The van der Waals surface area contributed by atoms with Gasteiger partial charge < -0.3 is 20.8 Å². The van der Waals surface area contributed by atoms with Crippen LogP contribution in [0.4, 0.5) is 0 Å². The van der Waals surface area contributed by atoms with Crippen molar-refractivity contribution in [2.75, 3.05) is 23.0 Å². The second-order valence-corrected chi connectivity index (χ2v) is 11.0. The maximum absolute atomic E-state index is 11.2. The van der Waals surface area contributed by atoms with E-state index in [2.05, 4.69) is 17.6 Å². The lowest BCUT2D eigenvalue weighted by Crippen LogP contribution is -2.41. The molecule has 11 heteroatoms. The van der Waals surface area contributed by atoms with E-state index in [1.54, 1.807) is 10.8 Å². The predicted octanol–water partition coefficient (Wildman–Crippen LogP) is 1.94. The number of thioether (sulfide) groups is 1. The van der Waals surface area contributed by atoms with E-state index in [9.17, 15) is 24.3 Å². The molecule has 0 aromatic rings. The summed E-state index contributed by atoms with van der Waals surface area (Å²) >= 11 is 1.53. The van der Waals surface area contributed by atoms with E-state index in [0.29, 0.717) is 23.5 Å². The molecular formula is C18H30N2O6S3. The minimum atomic E-state index is -1.05. The van der Waals surface area contributed by atoms with Gasteiger partial charge in [-0.05, 0) is 36.3 Å². The zero-order valence-corrected chi connectivity index (χ0v) is 19.3. The van der Waals surface area contributed by atoms with E-state index in [-0.39, 0.29) is 17.6 Å². The van der Waals surface area contributed by atoms with Gasteiger partial charge in [0.2, 0.25) is 11.8 Å². The highest BCUT2D eigenvalue weighted by molar-refractivity contribution is 8.76. The molecule has 3 unspecified atom stereocenters. The lowest BCUT2D eigenvalue weighted by molar-refractivity contribution is -0.141. The number of hydrogen-bond donors (Lipinski definition) is 4. The average molecular weight is 467 g/mol. The third-order valence-electron chi connectivity index (χ3n) is 4.64. The van der Waals surface area contributed by atoms with Crippen LogP contribution in [-0.4, -0.2) is 69.1 Å². The summed E-state index contributed by atoms with van der Waals surface area (Å²) in [4.78, 5) is 44.7. The Morgan fingerprint density at radius 3 is 1.79 bits per heavy atom. The number of amides is 2. The maximum Gasteiger partial charge on any atom is 0.327 e. The van der Waals surface area contributed by atoms with Gasteiger partial charge >= 0.3 is 11.9 Å². The van der Waals surface area contributed by atoms with Gasteiger partial charge in [0.1, 0.15) is 12.1 Å². The van der Waals surface area contributed by atoms with Crippen LogP contribution in [0.25, 0.3) is 0 Å². The first-order valence-electron chi connectivity index (χ1n) is 9.42. The van der Waals surface area contributed by atoms with Crippen LogP contribution in [0.2, 0.25) is 0 Å². The van der Waals surface area contributed by atoms with E-state index >= 15 is 0 Å². The molecule has 0 aliphatic heterocycles. The highest BCUT2D eigenvalue weighted by Crippen LogP contribution is 2.42. The van der Waals surface area contributed by atoms with Crippen molar-refractivity contribution in [1.82, 2.24) is 10.6 Å². The molecule has 1 fully saturated rings. The van der Waals surface area contributed by atoms with Gasteiger partial charge in [0, 0.05) is 31.1 Å². The molecular weight excluding hydrogens is 436 g/mol. The SMILES string of the molecule is CC(=O)NC(CSCC(CSSCC(NC(C)=O)C(=O)O)[C@H]1C[C@H](C)C1)C(=O)O. The molecule has 166 valence electrons. The second kappa shape index (κ2) is 13.3. The summed E-state index contributed by atoms with van der Waals surface area (Å²) < 4.78 is 0. The van der Waals surface area contributed by atoms with Crippen LogP contribution in [0.15, 0.2) is 0 Å². The molecule has 0 spiro atoms. The van der Waals surface area contributed by atoms with Crippen LogP contribution in [0.1, 0.15) is 33.6 Å². The molecule has 0 aromatic carbocycles. The molecule has 0 heterocycles. The number of rotatable bonds is 14. The Bertz CT molecular complexity index is 586. The van der Waals surface area contributed by atoms with Crippen LogP contribution in [0, 0.1) is 17.8 Å². The Labute approximate surface area is 183 Å². The van der Waals surface area contributed by atoms with E-state index in [1.807, 2.05) is 0 Å². The van der Waals surface area contributed by atoms with Crippen molar-refractivity contribution >= 4 is 57.1 Å². The molecule has 0 saturated heterocycles. The quantitative estimate of drug-likeness (QED) is 0.224. The first-order valence-corrected chi connectivity index (χ1v) is 13.1. The Hall–Kier alpha value is -1.07. The van der Waals surface area contributed by atoms with Gasteiger partial charge in [0.25, 0.3) is 0 Å². The monoisotopic (exact) mass is 466 g/mol. The van der Waals surface area contributed by atoms with Gasteiger partial charge in [-0.2, -0.15) is 11.8 Å². The molecule has 1 saturated carbocycles. The Kier molecular flexibility index (Phi) is 11.9. The van der Waals surface area contributed by atoms with Crippen LogP contribution in [0.3, 0.4) is 0 Å². The minimum Gasteiger partial charge on any atom is -0.480 e. The van der Waals surface area contributed by atoms with Crippen LogP contribution < -0.4 is 10.6 Å². The Balaban J connectivity index is 2.46. The first kappa shape index (κ1) is 26.0. The third kappa shape index (κ3) is 10.5. The van der Waals surface area contributed by atoms with Crippen molar-refractivity contribution in [3.63, 3.8) is 0 Å². The van der Waals surface area contributed by atoms with Crippen LogP contribution >= 0.6 is 33.3 Å². The Morgan fingerprint density at radius 2 is 1.34 bits per heavy atom. The van der Waals surface area contributed by atoms with E-state index in [4.69, 9.17) is 5.11 Å². The summed E-state index contributed by atoms with van der Waals surface area (Å²) in [5, 5.41) is 23.2. The molecule has 0 radical (unpaired) electrons. The van der Waals surface area contributed by atoms with Gasteiger partial charge in [-0.25, -0.2) is 9.59 Å². The lowest BCUT2D eigenvalue weighted by Gasteiger charge is -2.38. The van der Waals surface area contributed by atoms with Gasteiger partial charge in [-0.3, -0.25) is 9.59 Å².